The Balaban J connectivity index is 1.93. The largest absolute Gasteiger partial charge is 0.298 e. The number of aromatic nitrogens is 1. The highest BCUT2D eigenvalue weighted by molar-refractivity contribution is 6.29. The molecule has 0 radical (unpaired) electrons. The van der Waals surface area contributed by atoms with Crippen molar-refractivity contribution in [1.29, 1.82) is 0 Å². The van der Waals surface area contributed by atoms with E-state index in [-0.39, 0.29) is 0 Å². The van der Waals surface area contributed by atoms with Crippen LogP contribution in [0.3, 0.4) is 0 Å². The number of hydrogen-bond donors (Lipinski definition) is 0. The maximum atomic E-state index is 5.82. The van der Waals surface area contributed by atoms with Gasteiger partial charge >= 0.3 is 0 Å². The molecule has 1 aromatic rings. The molecule has 2 rings (SSSR count). The third kappa shape index (κ3) is 2.25. The van der Waals surface area contributed by atoms with Gasteiger partial charge in [-0.3, -0.25) is 4.90 Å². The van der Waals surface area contributed by atoms with Crippen LogP contribution >= 0.6 is 11.6 Å². The summed E-state index contributed by atoms with van der Waals surface area (Å²) in [6, 6.07) is 3.96. The topological polar surface area (TPSA) is 16.1 Å². The number of rotatable bonds is 2. The molecule has 0 aliphatic carbocycles. The van der Waals surface area contributed by atoms with Gasteiger partial charge in [-0.05, 0) is 23.1 Å². The first-order valence-electron chi connectivity index (χ1n) is 4.88. The van der Waals surface area contributed by atoms with Crippen LogP contribution in [-0.2, 0) is 6.54 Å². The highest BCUT2D eigenvalue weighted by atomic mass is 35.5. The first-order valence-corrected chi connectivity index (χ1v) is 5.26. The standard InChI is InChI=1S/C11H15ClN2/c1-11(2)7-14(8-11)6-9-3-4-13-10(12)5-9/h3-5H,6-8H2,1-2H3. The van der Waals surface area contributed by atoms with Crippen molar-refractivity contribution in [1.82, 2.24) is 9.88 Å². The summed E-state index contributed by atoms with van der Waals surface area (Å²) in [5, 5.41) is 0.585. The van der Waals surface area contributed by atoms with Crippen LogP contribution in [0, 0.1) is 5.41 Å². The SMILES string of the molecule is CC1(C)CN(Cc2ccnc(Cl)c2)C1. The number of hydrogen-bond acceptors (Lipinski definition) is 2. The molecule has 0 amide bonds. The van der Waals surface area contributed by atoms with Crippen LogP contribution < -0.4 is 0 Å². The Bertz CT molecular complexity index is 328. The molecule has 0 unspecified atom stereocenters. The molecule has 0 bridgehead atoms. The van der Waals surface area contributed by atoms with Gasteiger partial charge in [0.2, 0.25) is 0 Å². The lowest BCUT2D eigenvalue weighted by atomic mass is 9.84. The summed E-state index contributed by atoms with van der Waals surface area (Å²) in [5.41, 5.74) is 1.75. The van der Waals surface area contributed by atoms with E-state index in [1.807, 2.05) is 12.1 Å². The lowest BCUT2D eigenvalue weighted by Crippen LogP contribution is -2.52. The molecule has 14 heavy (non-hydrogen) atoms. The molecule has 2 heterocycles. The molecule has 0 N–H and O–H groups in total. The van der Waals surface area contributed by atoms with E-state index in [0.29, 0.717) is 10.6 Å². The molecule has 1 fully saturated rings. The van der Waals surface area contributed by atoms with Gasteiger partial charge in [-0.25, -0.2) is 4.98 Å². The summed E-state index contributed by atoms with van der Waals surface area (Å²) in [6.45, 7) is 7.93. The Morgan fingerprint density at radius 1 is 1.50 bits per heavy atom. The van der Waals surface area contributed by atoms with Crippen molar-refractivity contribution < 1.29 is 0 Å². The molecule has 0 atom stereocenters. The fraction of sp³-hybridized carbons (Fsp3) is 0.545. The maximum Gasteiger partial charge on any atom is 0.129 e. The summed E-state index contributed by atoms with van der Waals surface area (Å²) in [6.07, 6.45) is 1.77. The Labute approximate surface area is 89.9 Å². The van der Waals surface area contributed by atoms with E-state index in [2.05, 4.69) is 23.7 Å². The highest BCUT2D eigenvalue weighted by Gasteiger charge is 2.33. The molecule has 1 aliphatic rings. The monoisotopic (exact) mass is 210 g/mol. The first kappa shape index (κ1) is 9.94. The van der Waals surface area contributed by atoms with Crippen LogP contribution in [0.5, 0.6) is 0 Å². The van der Waals surface area contributed by atoms with Gasteiger partial charge in [0.1, 0.15) is 5.15 Å². The summed E-state index contributed by atoms with van der Waals surface area (Å²) >= 11 is 5.82. The van der Waals surface area contributed by atoms with Crippen LogP contribution in [0.1, 0.15) is 19.4 Å². The fourth-order valence-corrected chi connectivity index (χ4v) is 2.27. The predicted molar refractivity (Wildman–Crippen MR) is 58.3 cm³/mol. The lowest BCUT2D eigenvalue weighted by Gasteiger charge is -2.46. The summed E-state index contributed by atoms with van der Waals surface area (Å²) in [7, 11) is 0. The Morgan fingerprint density at radius 3 is 2.79 bits per heavy atom. The average molecular weight is 211 g/mol. The van der Waals surface area contributed by atoms with E-state index >= 15 is 0 Å². The van der Waals surface area contributed by atoms with Crippen molar-refractivity contribution in [3.63, 3.8) is 0 Å². The minimum absolute atomic E-state index is 0.497. The summed E-state index contributed by atoms with van der Waals surface area (Å²) in [4.78, 5) is 6.39. The van der Waals surface area contributed by atoms with Gasteiger partial charge in [0.25, 0.3) is 0 Å². The van der Waals surface area contributed by atoms with Crippen molar-refractivity contribution in [3.05, 3.63) is 29.0 Å². The van der Waals surface area contributed by atoms with Gasteiger partial charge < -0.3 is 0 Å². The van der Waals surface area contributed by atoms with Crippen molar-refractivity contribution in [2.45, 2.75) is 20.4 Å². The highest BCUT2D eigenvalue weighted by Crippen LogP contribution is 2.29. The van der Waals surface area contributed by atoms with Crippen LogP contribution in [0.25, 0.3) is 0 Å². The van der Waals surface area contributed by atoms with E-state index < -0.39 is 0 Å². The number of likely N-dealkylation sites (tertiary alicyclic amines) is 1. The van der Waals surface area contributed by atoms with Crippen molar-refractivity contribution >= 4 is 11.6 Å². The van der Waals surface area contributed by atoms with Gasteiger partial charge in [-0.15, -0.1) is 0 Å². The zero-order chi connectivity index (χ0) is 10.2. The van der Waals surface area contributed by atoms with Gasteiger partial charge in [0.15, 0.2) is 0 Å². The molecule has 1 saturated heterocycles. The van der Waals surface area contributed by atoms with E-state index in [9.17, 15) is 0 Å². The van der Waals surface area contributed by atoms with Gasteiger partial charge in [-0.1, -0.05) is 25.4 Å². The Morgan fingerprint density at radius 2 is 2.21 bits per heavy atom. The van der Waals surface area contributed by atoms with Crippen molar-refractivity contribution in [2.75, 3.05) is 13.1 Å². The normalized spacial score (nSPS) is 20.5. The zero-order valence-electron chi connectivity index (χ0n) is 8.63. The second-order valence-corrected chi connectivity index (χ2v) is 5.18. The number of nitrogens with zero attached hydrogens (tertiary/aromatic N) is 2. The molecule has 1 aliphatic heterocycles. The number of halogens is 1. The smallest absolute Gasteiger partial charge is 0.129 e. The van der Waals surface area contributed by atoms with Crippen LogP contribution in [0.2, 0.25) is 5.15 Å². The summed E-state index contributed by atoms with van der Waals surface area (Å²) in [5.74, 6) is 0. The molecule has 0 spiro atoms. The van der Waals surface area contributed by atoms with Crippen LogP contribution in [0.15, 0.2) is 18.3 Å². The minimum atomic E-state index is 0.497. The molecule has 0 saturated carbocycles. The van der Waals surface area contributed by atoms with Crippen LogP contribution in [-0.4, -0.2) is 23.0 Å². The minimum Gasteiger partial charge on any atom is -0.298 e. The van der Waals surface area contributed by atoms with Crippen molar-refractivity contribution in [2.24, 2.45) is 5.41 Å². The average Bonchev–Trinajstić information content (AvgIpc) is 2.00. The third-order valence-corrected chi connectivity index (χ3v) is 2.71. The molecule has 0 aromatic carbocycles. The molecular formula is C11H15ClN2. The molecule has 2 nitrogen and oxygen atoms in total. The molecular weight excluding hydrogens is 196 g/mol. The van der Waals surface area contributed by atoms with E-state index in [1.165, 1.54) is 18.7 Å². The molecule has 76 valence electrons. The van der Waals surface area contributed by atoms with Crippen LogP contribution in [0.4, 0.5) is 0 Å². The quantitative estimate of drug-likeness (QED) is 0.698. The van der Waals surface area contributed by atoms with E-state index in [1.54, 1.807) is 6.20 Å². The summed E-state index contributed by atoms with van der Waals surface area (Å²) < 4.78 is 0. The molecule has 1 aromatic heterocycles. The number of pyridine rings is 1. The second-order valence-electron chi connectivity index (χ2n) is 4.80. The van der Waals surface area contributed by atoms with Gasteiger partial charge in [0.05, 0.1) is 0 Å². The van der Waals surface area contributed by atoms with Gasteiger partial charge in [0, 0.05) is 25.8 Å². The van der Waals surface area contributed by atoms with Gasteiger partial charge in [-0.2, -0.15) is 0 Å². The fourth-order valence-electron chi connectivity index (χ4n) is 2.08. The predicted octanol–water partition coefficient (Wildman–Crippen LogP) is 2.58. The van der Waals surface area contributed by atoms with E-state index in [4.69, 9.17) is 11.6 Å². The Kier molecular flexibility index (Phi) is 2.50. The van der Waals surface area contributed by atoms with E-state index in [0.717, 1.165) is 6.54 Å². The third-order valence-electron chi connectivity index (χ3n) is 2.50. The van der Waals surface area contributed by atoms with Crippen molar-refractivity contribution in [3.8, 4) is 0 Å². The zero-order valence-corrected chi connectivity index (χ0v) is 9.38. The lowest BCUT2D eigenvalue weighted by molar-refractivity contribution is 0.0242. The first-order chi connectivity index (χ1) is 6.55. The molecule has 3 heteroatoms. The second kappa shape index (κ2) is 3.52. The maximum absolute atomic E-state index is 5.82. The Hall–Kier alpha value is -0.600.